The van der Waals surface area contributed by atoms with Gasteiger partial charge in [-0.15, -0.1) is 11.6 Å². The van der Waals surface area contributed by atoms with E-state index in [4.69, 9.17) is 16.3 Å². The van der Waals surface area contributed by atoms with Gasteiger partial charge in [0, 0.05) is 37.4 Å². The molecule has 0 bridgehead atoms. The maximum Gasteiger partial charge on any atom is 0.242 e. The molecule has 1 aromatic heterocycles. The van der Waals surface area contributed by atoms with Gasteiger partial charge in [0.2, 0.25) is 11.8 Å². The molecule has 2 aromatic carbocycles. The summed E-state index contributed by atoms with van der Waals surface area (Å²) in [5.41, 5.74) is 2.45. The minimum Gasteiger partial charge on any atom is -0.497 e. The van der Waals surface area contributed by atoms with Gasteiger partial charge >= 0.3 is 0 Å². The van der Waals surface area contributed by atoms with E-state index < -0.39 is 5.41 Å². The number of alkyl halides is 1. The van der Waals surface area contributed by atoms with Crippen LogP contribution in [0.4, 0.5) is 0 Å². The number of carbonyl (C=O) groups excluding carboxylic acids is 2. The standard InChI is InChI=1S/C32H42ClN3O3/c1-5-6-10-18-35(31(38)32(2,3)25-33)24-30(37)36(21-26-13-8-7-9-14-26)23-28-16-12-19-34(28)22-27-15-11-17-29(20-27)39-4/h7-9,11-17,19-20H,5-6,10,18,21-25H2,1-4H3. The predicted molar refractivity (Wildman–Crippen MR) is 158 cm³/mol. The summed E-state index contributed by atoms with van der Waals surface area (Å²) in [7, 11) is 1.66. The Kier molecular flexibility index (Phi) is 11.5. The van der Waals surface area contributed by atoms with Crippen LogP contribution in [0.15, 0.2) is 72.9 Å². The predicted octanol–water partition coefficient (Wildman–Crippen LogP) is 6.36. The van der Waals surface area contributed by atoms with Crippen molar-refractivity contribution in [1.82, 2.24) is 14.4 Å². The zero-order valence-corrected chi connectivity index (χ0v) is 24.5. The van der Waals surface area contributed by atoms with Crippen molar-refractivity contribution in [1.29, 1.82) is 0 Å². The van der Waals surface area contributed by atoms with E-state index in [1.54, 1.807) is 12.0 Å². The van der Waals surface area contributed by atoms with Crippen LogP contribution in [0, 0.1) is 5.41 Å². The Labute approximate surface area is 238 Å². The molecule has 2 amide bonds. The van der Waals surface area contributed by atoms with Crippen LogP contribution in [0.1, 0.15) is 56.9 Å². The largest absolute Gasteiger partial charge is 0.497 e. The van der Waals surface area contributed by atoms with Crippen molar-refractivity contribution in [3.63, 3.8) is 0 Å². The molecular formula is C32H42ClN3O3. The van der Waals surface area contributed by atoms with Crippen LogP contribution >= 0.6 is 11.6 Å². The Balaban J connectivity index is 1.84. The van der Waals surface area contributed by atoms with Crippen LogP contribution in [0.2, 0.25) is 0 Å². The Morgan fingerprint density at radius 3 is 2.36 bits per heavy atom. The number of unbranched alkanes of at least 4 members (excludes halogenated alkanes) is 2. The molecule has 0 N–H and O–H groups in total. The number of benzene rings is 2. The lowest BCUT2D eigenvalue weighted by Crippen LogP contribution is -2.48. The molecular weight excluding hydrogens is 510 g/mol. The highest BCUT2D eigenvalue weighted by Gasteiger charge is 2.33. The van der Waals surface area contributed by atoms with Gasteiger partial charge in [-0.3, -0.25) is 9.59 Å². The summed E-state index contributed by atoms with van der Waals surface area (Å²) >= 11 is 6.14. The van der Waals surface area contributed by atoms with E-state index in [1.165, 1.54) is 0 Å². The number of aromatic nitrogens is 1. The third-order valence-electron chi connectivity index (χ3n) is 6.89. The smallest absolute Gasteiger partial charge is 0.242 e. The molecule has 6 nitrogen and oxygen atoms in total. The molecule has 0 fully saturated rings. The highest BCUT2D eigenvalue weighted by Crippen LogP contribution is 2.22. The van der Waals surface area contributed by atoms with E-state index in [9.17, 15) is 9.59 Å². The second-order valence-corrected chi connectivity index (χ2v) is 10.9. The van der Waals surface area contributed by atoms with Gasteiger partial charge in [0.25, 0.3) is 0 Å². The van der Waals surface area contributed by atoms with E-state index in [2.05, 4.69) is 17.6 Å². The van der Waals surface area contributed by atoms with Crippen molar-refractivity contribution >= 4 is 23.4 Å². The Bertz CT molecular complexity index is 1190. The Hall–Kier alpha value is -3.25. The first-order chi connectivity index (χ1) is 18.8. The molecule has 3 rings (SSSR count). The van der Waals surface area contributed by atoms with Crippen molar-refractivity contribution in [2.45, 2.75) is 59.7 Å². The third kappa shape index (κ3) is 8.89. The molecule has 0 aliphatic rings. The first-order valence-corrected chi connectivity index (χ1v) is 14.2. The summed E-state index contributed by atoms with van der Waals surface area (Å²) in [5, 5.41) is 0. The molecule has 0 saturated heterocycles. The number of rotatable bonds is 15. The average molecular weight is 552 g/mol. The number of amides is 2. The van der Waals surface area contributed by atoms with Crippen molar-refractivity contribution in [2.75, 3.05) is 26.1 Å². The van der Waals surface area contributed by atoms with Crippen molar-refractivity contribution < 1.29 is 14.3 Å². The number of ether oxygens (including phenoxy) is 1. The SMILES string of the molecule is CCCCCN(CC(=O)N(Cc1ccccc1)Cc1cccn1Cc1cccc(OC)c1)C(=O)C(C)(C)CCl. The number of carbonyl (C=O) groups is 2. The summed E-state index contributed by atoms with van der Waals surface area (Å²) < 4.78 is 7.54. The molecule has 0 saturated carbocycles. The molecule has 210 valence electrons. The van der Waals surface area contributed by atoms with E-state index in [-0.39, 0.29) is 24.2 Å². The number of hydrogen-bond acceptors (Lipinski definition) is 3. The van der Waals surface area contributed by atoms with E-state index in [1.807, 2.05) is 85.6 Å². The quantitative estimate of drug-likeness (QED) is 0.163. The molecule has 0 spiro atoms. The van der Waals surface area contributed by atoms with Gasteiger partial charge in [0.15, 0.2) is 0 Å². The maximum atomic E-state index is 13.9. The van der Waals surface area contributed by atoms with Crippen LogP contribution in [-0.2, 0) is 29.2 Å². The highest BCUT2D eigenvalue weighted by molar-refractivity contribution is 6.19. The first kappa shape index (κ1) is 30.3. The number of halogens is 1. The third-order valence-corrected chi connectivity index (χ3v) is 7.56. The molecule has 0 radical (unpaired) electrons. The fourth-order valence-corrected chi connectivity index (χ4v) is 4.61. The number of hydrogen-bond donors (Lipinski definition) is 0. The Morgan fingerprint density at radius 1 is 0.923 bits per heavy atom. The van der Waals surface area contributed by atoms with Crippen molar-refractivity contribution in [3.05, 3.63) is 89.7 Å². The summed E-state index contributed by atoms with van der Waals surface area (Å²) in [6, 6.07) is 22.0. The number of methoxy groups -OCH3 is 1. The van der Waals surface area contributed by atoms with E-state index in [0.717, 1.165) is 41.8 Å². The van der Waals surface area contributed by atoms with E-state index >= 15 is 0 Å². The molecule has 0 atom stereocenters. The monoisotopic (exact) mass is 551 g/mol. The zero-order valence-electron chi connectivity index (χ0n) is 23.7. The summed E-state index contributed by atoms with van der Waals surface area (Å²) in [6.07, 6.45) is 4.93. The normalized spacial score (nSPS) is 11.3. The summed E-state index contributed by atoms with van der Waals surface area (Å²) in [5.74, 6) is 0.858. The van der Waals surface area contributed by atoms with Crippen molar-refractivity contribution in [3.8, 4) is 5.75 Å². The van der Waals surface area contributed by atoms with Crippen LogP contribution in [0.5, 0.6) is 5.75 Å². The fraction of sp³-hybridized carbons (Fsp3) is 0.438. The van der Waals surface area contributed by atoms with Gasteiger partial charge in [-0.25, -0.2) is 0 Å². The molecule has 7 heteroatoms. The lowest BCUT2D eigenvalue weighted by molar-refractivity contribution is -0.146. The van der Waals surface area contributed by atoms with Crippen LogP contribution in [0.3, 0.4) is 0 Å². The molecule has 39 heavy (non-hydrogen) atoms. The molecule has 0 aliphatic heterocycles. The fourth-order valence-electron chi connectivity index (χ4n) is 4.50. The lowest BCUT2D eigenvalue weighted by Gasteiger charge is -2.32. The minimum atomic E-state index is -0.732. The first-order valence-electron chi connectivity index (χ1n) is 13.7. The minimum absolute atomic E-state index is 0.0340. The van der Waals surface area contributed by atoms with E-state index in [0.29, 0.717) is 26.2 Å². The van der Waals surface area contributed by atoms with Crippen LogP contribution in [0.25, 0.3) is 0 Å². The second kappa shape index (κ2) is 14.8. The van der Waals surface area contributed by atoms with Gasteiger partial charge in [0.1, 0.15) is 5.75 Å². The average Bonchev–Trinajstić information content (AvgIpc) is 3.38. The van der Waals surface area contributed by atoms with Crippen LogP contribution in [-0.4, -0.2) is 52.3 Å². The van der Waals surface area contributed by atoms with Gasteiger partial charge in [-0.2, -0.15) is 0 Å². The van der Waals surface area contributed by atoms with Gasteiger partial charge in [-0.1, -0.05) is 62.2 Å². The summed E-state index contributed by atoms with van der Waals surface area (Å²) in [4.78, 5) is 30.8. The van der Waals surface area contributed by atoms with Gasteiger partial charge in [0.05, 0.1) is 25.6 Å². The molecule has 1 heterocycles. The van der Waals surface area contributed by atoms with Gasteiger partial charge < -0.3 is 19.1 Å². The summed E-state index contributed by atoms with van der Waals surface area (Å²) in [6.45, 7) is 7.94. The Morgan fingerprint density at radius 2 is 1.67 bits per heavy atom. The van der Waals surface area contributed by atoms with Crippen molar-refractivity contribution in [2.24, 2.45) is 5.41 Å². The molecule has 0 unspecified atom stereocenters. The number of nitrogens with zero attached hydrogens (tertiary/aromatic N) is 3. The topological polar surface area (TPSA) is 54.8 Å². The zero-order chi connectivity index (χ0) is 28.3. The lowest BCUT2D eigenvalue weighted by atomic mass is 9.94. The molecule has 3 aromatic rings. The van der Waals surface area contributed by atoms with Crippen LogP contribution < -0.4 is 4.74 Å². The second-order valence-electron chi connectivity index (χ2n) is 10.7. The van der Waals surface area contributed by atoms with Gasteiger partial charge in [-0.05, 0) is 55.7 Å². The maximum absolute atomic E-state index is 13.9. The molecule has 0 aliphatic carbocycles. The highest BCUT2D eigenvalue weighted by atomic mass is 35.5.